The van der Waals surface area contributed by atoms with Crippen LogP contribution in [0.1, 0.15) is 12.8 Å². The first kappa shape index (κ1) is 15.2. The third kappa shape index (κ3) is 3.91. The molecule has 0 unspecified atom stereocenters. The average molecular weight is 315 g/mol. The quantitative estimate of drug-likeness (QED) is 0.851. The molecular weight excluding hydrogens is 294 g/mol. The van der Waals surface area contributed by atoms with E-state index in [1.54, 1.807) is 0 Å². The van der Waals surface area contributed by atoms with E-state index in [4.69, 9.17) is 0 Å². The van der Waals surface area contributed by atoms with Crippen molar-refractivity contribution in [1.82, 2.24) is 14.7 Å². The van der Waals surface area contributed by atoms with E-state index in [2.05, 4.69) is 23.4 Å². The zero-order valence-electron chi connectivity index (χ0n) is 12.6. The summed E-state index contributed by atoms with van der Waals surface area (Å²) >= 11 is 1.93. The summed E-state index contributed by atoms with van der Waals surface area (Å²) in [6.07, 6.45) is 5.40. The number of benzene rings is 1. The molecule has 0 N–H and O–H groups in total. The molecule has 0 aliphatic carbocycles. The van der Waals surface area contributed by atoms with Gasteiger partial charge in [-0.25, -0.2) is 0 Å². The lowest BCUT2D eigenvalue weighted by molar-refractivity contribution is -0.130. The topological polar surface area (TPSA) is 38.1 Å². The number of thioether (sulfide) groups is 1. The lowest BCUT2D eigenvalue weighted by atomic mass is 10.1. The molecule has 1 aliphatic heterocycles. The number of amides is 1. The van der Waals surface area contributed by atoms with Crippen molar-refractivity contribution in [1.29, 1.82) is 0 Å². The Labute approximate surface area is 135 Å². The van der Waals surface area contributed by atoms with Crippen LogP contribution in [-0.2, 0) is 11.3 Å². The van der Waals surface area contributed by atoms with Gasteiger partial charge in [-0.3, -0.25) is 9.48 Å². The van der Waals surface area contributed by atoms with E-state index in [1.807, 2.05) is 45.7 Å². The summed E-state index contributed by atoms with van der Waals surface area (Å²) < 4.78 is 1.93. The van der Waals surface area contributed by atoms with Crippen molar-refractivity contribution in [2.45, 2.75) is 19.4 Å². The normalized spacial score (nSPS) is 15.0. The molecule has 1 fully saturated rings. The monoisotopic (exact) mass is 315 g/mol. The summed E-state index contributed by atoms with van der Waals surface area (Å²) in [6.45, 7) is 2.61. The van der Waals surface area contributed by atoms with Crippen LogP contribution >= 0.6 is 11.8 Å². The number of carbonyl (C=O) groups is 1. The molecule has 0 radical (unpaired) electrons. The molecule has 0 spiro atoms. The Kier molecular flexibility index (Phi) is 5.16. The Morgan fingerprint density at radius 2 is 1.91 bits per heavy atom. The van der Waals surface area contributed by atoms with E-state index >= 15 is 0 Å². The Balaban J connectivity index is 1.48. The number of aryl methyl sites for hydroxylation is 1. The highest BCUT2D eigenvalue weighted by Gasteiger charge is 2.16. The highest BCUT2D eigenvalue weighted by atomic mass is 32.2. The molecule has 116 valence electrons. The molecule has 2 heterocycles. The smallest absolute Gasteiger partial charge is 0.222 e. The van der Waals surface area contributed by atoms with Crippen molar-refractivity contribution in [2.24, 2.45) is 0 Å². The van der Waals surface area contributed by atoms with Crippen LogP contribution in [0.4, 0.5) is 0 Å². The minimum Gasteiger partial charge on any atom is -0.341 e. The van der Waals surface area contributed by atoms with E-state index in [0.717, 1.165) is 43.1 Å². The van der Waals surface area contributed by atoms with Gasteiger partial charge in [0.2, 0.25) is 5.91 Å². The van der Waals surface area contributed by atoms with Gasteiger partial charge in [-0.15, -0.1) is 0 Å². The van der Waals surface area contributed by atoms with E-state index in [0.29, 0.717) is 6.42 Å². The van der Waals surface area contributed by atoms with Crippen LogP contribution in [0, 0.1) is 0 Å². The number of rotatable bonds is 5. The van der Waals surface area contributed by atoms with Crippen molar-refractivity contribution in [3.8, 4) is 11.1 Å². The highest BCUT2D eigenvalue weighted by molar-refractivity contribution is 7.99. The lowest BCUT2D eigenvalue weighted by Gasteiger charge is -2.26. The summed E-state index contributed by atoms with van der Waals surface area (Å²) in [5.41, 5.74) is 2.30. The Bertz CT molecular complexity index is 605. The highest BCUT2D eigenvalue weighted by Crippen LogP contribution is 2.18. The maximum Gasteiger partial charge on any atom is 0.222 e. The molecule has 1 aromatic carbocycles. The average Bonchev–Trinajstić information content (AvgIpc) is 3.05. The summed E-state index contributed by atoms with van der Waals surface area (Å²) in [4.78, 5) is 14.1. The summed E-state index contributed by atoms with van der Waals surface area (Å²) in [5.74, 6) is 2.44. The summed E-state index contributed by atoms with van der Waals surface area (Å²) in [7, 11) is 0. The van der Waals surface area contributed by atoms with Gasteiger partial charge in [0.05, 0.1) is 6.20 Å². The molecule has 0 saturated carbocycles. The molecule has 3 rings (SSSR count). The van der Waals surface area contributed by atoms with E-state index in [9.17, 15) is 4.79 Å². The van der Waals surface area contributed by atoms with E-state index in [1.165, 1.54) is 5.56 Å². The first-order chi connectivity index (χ1) is 10.8. The van der Waals surface area contributed by atoms with Gasteiger partial charge in [0.1, 0.15) is 0 Å². The predicted octanol–water partition coefficient (Wildman–Crippen LogP) is 2.91. The number of carbonyl (C=O) groups excluding carboxylic acids is 1. The maximum absolute atomic E-state index is 12.1. The third-order valence-electron chi connectivity index (χ3n) is 3.88. The number of aromatic nitrogens is 2. The lowest BCUT2D eigenvalue weighted by Crippen LogP contribution is -2.37. The second-order valence-corrected chi connectivity index (χ2v) is 6.68. The molecule has 1 aromatic heterocycles. The summed E-state index contributed by atoms with van der Waals surface area (Å²) in [6, 6.07) is 10.2. The SMILES string of the molecule is O=C(CCCn1cc(-c2ccccc2)cn1)N1CCSCC1. The van der Waals surface area contributed by atoms with Crippen molar-refractivity contribution in [2.75, 3.05) is 24.6 Å². The van der Waals surface area contributed by atoms with Crippen molar-refractivity contribution < 1.29 is 4.79 Å². The fourth-order valence-electron chi connectivity index (χ4n) is 2.63. The van der Waals surface area contributed by atoms with Gasteiger partial charge < -0.3 is 4.90 Å². The molecule has 1 saturated heterocycles. The molecule has 0 bridgehead atoms. The third-order valence-corrected chi connectivity index (χ3v) is 4.82. The van der Waals surface area contributed by atoms with Crippen LogP contribution < -0.4 is 0 Å². The van der Waals surface area contributed by atoms with Crippen molar-refractivity contribution in [3.63, 3.8) is 0 Å². The van der Waals surface area contributed by atoms with Crippen LogP contribution in [0.5, 0.6) is 0 Å². The van der Waals surface area contributed by atoms with Crippen LogP contribution in [0.3, 0.4) is 0 Å². The fraction of sp³-hybridized carbons (Fsp3) is 0.412. The zero-order chi connectivity index (χ0) is 15.2. The second-order valence-electron chi connectivity index (χ2n) is 5.45. The molecule has 4 nitrogen and oxygen atoms in total. The Hall–Kier alpha value is -1.75. The fourth-order valence-corrected chi connectivity index (χ4v) is 3.53. The maximum atomic E-state index is 12.1. The van der Waals surface area contributed by atoms with Crippen LogP contribution in [0.2, 0.25) is 0 Å². The molecule has 0 atom stereocenters. The largest absolute Gasteiger partial charge is 0.341 e. The standard InChI is InChI=1S/C17H21N3OS/c21-17(19-9-11-22-12-10-19)7-4-8-20-14-16(13-18-20)15-5-2-1-3-6-15/h1-3,5-6,13-14H,4,7-12H2. The van der Waals surface area contributed by atoms with Crippen LogP contribution in [-0.4, -0.2) is 45.2 Å². The molecule has 1 amide bonds. The number of hydrogen-bond donors (Lipinski definition) is 0. The van der Waals surface area contributed by atoms with Gasteiger partial charge >= 0.3 is 0 Å². The molecular formula is C17H21N3OS. The first-order valence-electron chi connectivity index (χ1n) is 7.76. The minimum atomic E-state index is 0.288. The first-order valence-corrected chi connectivity index (χ1v) is 8.92. The van der Waals surface area contributed by atoms with Gasteiger partial charge in [0.25, 0.3) is 0 Å². The van der Waals surface area contributed by atoms with Crippen molar-refractivity contribution >= 4 is 17.7 Å². The predicted molar refractivity (Wildman–Crippen MR) is 90.8 cm³/mol. The van der Waals surface area contributed by atoms with Crippen LogP contribution in [0.15, 0.2) is 42.7 Å². The molecule has 1 aliphatic rings. The molecule has 5 heteroatoms. The summed E-state index contributed by atoms with van der Waals surface area (Å²) in [5, 5.41) is 4.39. The molecule has 2 aromatic rings. The van der Waals surface area contributed by atoms with Crippen molar-refractivity contribution in [3.05, 3.63) is 42.7 Å². The molecule has 22 heavy (non-hydrogen) atoms. The van der Waals surface area contributed by atoms with Gasteiger partial charge in [0, 0.05) is 49.3 Å². The number of nitrogens with zero attached hydrogens (tertiary/aromatic N) is 3. The van der Waals surface area contributed by atoms with Gasteiger partial charge in [-0.1, -0.05) is 30.3 Å². The van der Waals surface area contributed by atoms with Gasteiger partial charge in [-0.2, -0.15) is 16.9 Å². The zero-order valence-corrected chi connectivity index (χ0v) is 13.5. The van der Waals surface area contributed by atoms with Gasteiger partial charge in [0.15, 0.2) is 0 Å². The van der Waals surface area contributed by atoms with E-state index in [-0.39, 0.29) is 5.91 Å². The van der Waals surface area contributed by atoms with Gasteiger partial charge in [-0.05, 0) is 12.0 Å². The number of hydrogen-bond acceptors (Lipinski definition) is 3. The Morgan fingerprint density at radius 1 is 1.14 bits per heavy atom. The second kappa shape index (κ2) is 7.49. The Morgan fingerprint density at radius 3 is 2.68 bits per heavy atom. The minimum absolute atomic E-state index is 0.288. The van der Waals surface area contributed by atoms with Crippen LogP contribution in [0.25, 0.3) is 11.1 Å². The van der Waals surface area contributed by atoms with E-state index < -0.39 is 0 Å².